The van der Waals surface area contributed by atoms with E-state index in [-0.39, 0.29) is 11.7 Å². The fourth-order valence-electron chi connectivity index (χ4n) is 1.80. The molecule has 2 N–H and O–H groups in total. The summed E-state index contributed by atoms with van der Waals surface area (Å²) in [5, 5.41) is 0. The summed E-state index contributed by atoms with van der Waals surface area (Å²) in [6.45, 7) is 3.34. The summed E-state index contributed by atoms with van der Waals surface area (Å²) in [4.78, 5) is 13.8. The maximum absolute atomic E-state index is 12.2. The number of benzene rings is 1. The fourth-order valence-corrected chi connectivity index (χ4v) is 1.80. The lowest BCUT2D eigenvalue weighted by atomic mass is 10.2. The third-order valence-corrected chi connectivity index (χ3v) is 2.80. The van der Waals surface area contributed by atoms with Crippen LogP contribution in [0.15, 0.2) is 24.3 Å². The SMILES string of the molecule is CCCCN(CCN)C(=O)c1ccc(OC(F)(F)F)cc1. The normalized spacial score (nSPS) is 11.3. The van der Waals surface area contributed by atoms with E-state index in [9.17, 15) is 18.0 Å². The Morgan fingerprint density at radius 3 is 2.33 bits per heavy atom. The Bertz CT molecular complexity index is 447. The van der Waals surface area contributed by atoms with Crippen LogP contribution < -0.4 is 10.5 Å². The van der Waals surface area contributed by atoms with Gasteiger partial charge in [0, 0.05) is 25.2 Å². The van der Waals surface area contributed by atoms with Gasteiger partial charge in [-0.3, -0.25) is 4.79 Å². The van der Waals surface area contributed by atoms with E-state index in [0.29, 0.717) is 25.2 Å². The first-order valence-corrected chi connectivity index (χ1v) is 6.72. The Kier molecular flexibility index (Phi) is 6.48. The lowest BCUT2D eigenvalue weighted by Crippen LogP contribution is -2.36. The number of rotatable bonds is 7. The molecule has 0 spiro atoms. The molecule has 0 aliphatic heterocycles. The summed E-state index contributed by atoms with van der Waals surface area (Å²) in [5.74, 6) is -0.592. The predicted octanol–water partition coefficient (Wildman–Crippen LogP) is 2.79. The van der Waals surface area contributed by atoms with Crippen molar-refractivity contribution in [3.05, 3.63) is 29.8 Å². The Morgan fingerprint density at radius 2 is 1.86 bits per heavy atom. The van der Waals surface area contributed by atoms with E-state index in [2.05, 4.69) is 4.74 Å². The quantitative estimate of drug-likeness (QED) is 0.842. The van der Waals surface area contributed by atoms with Gasteiger partial charge in [-0.1, -0.05) is 13.3 Å². The monoisotopic (exact) mass is 304 g/mol. The highest BCUT2D eigenvalue weighted by Crippen LogP contribution is 2.23. The van der Waals surface area contributed by atoms with Crippen molar-refractivity contribution in [2.75, 3.05) is 19.6 Å². The zero-order valence-electron chi connectivity index (χ0n) is 11.8. The van der Waals surface area contributed by atoms with Crippen LogP contribution in [0.1, 0.15) is 30.1 Å². The predicted molar refractivity (Wildman–Crippen MR) is 73.0 cm³/mol. The molecule has 1 aromatic carbocycles. The standard InChI is InChI=1S/C14H19F3N2O2/c1-2-3-9-19(10-8-18)13(20)11-4-6-12(7-5-11)21-14(15,16)17/h4-7H,2-3,8-10,18H2,1H3. The molecule has 0 unspecified atom stereocenters. The first-order chi connectivity index (χ1) is 9.87. The fraction of sp³-hybridized carbons (Fsp3) is 0.500. The van der Waals surface area contributed by atoms with E-state index in [1.165, 1.54) is 12.1 Å². The molecule has 0 saturated heterocycles. The summed E-state index contributed by atoms with van der Waals surface area (Å²) in [5.41, 5.74) is 5.79. The zero-order chi connectivity index (χ0) is 15.9. The second-order valence-corrected chi connectivity index (χ2v) is 4.51. The van der Waals surface area contributed by atoms with Crippen LogP contribution in [0.5, 0.6) is 5.75 Å². The van der Waals surface area contributed by atoms with Gasteiger partial charge in [0.2, 0.25) is 0 Å². The van der Waals surface area contributed by atoms with Crippen molar-refractivity contribution >= 4 is 5.91 Å². The molecule has 1 rings (SSSR count). The van der Waals surface area contributed by atoms with Gasteiger partial charge >= 0.3 is 6.36 Å². The molecule has 0 aliphatic rings. The summed E-state index contributed by atoms with van der Waals surface area (Å²) >= 11 is 0. The van der Waals surface area contributed by atoms with E-state index in [0.717, 1.165) is 25.0 Å². The van der Waals surface area contributed by atoms with E-state index in [1.54, 1.807) is 4.90 Å². The average molecular weight is 304 g/mol. The van der Waals surface area contributed by atoms with Crippen LogP contribution >= 0.6 is 0 Å². The van der Waals surface area contributed by atoms with Crippen molar-refractivity contribution in [2.45, 2.75) is 26.1 Å². The number of amides is 1. The van der Waals surface area contributed by atoms with Crippen LogP contribution in [0.25, 0.3) is 0 Å². The van der Waals surface area contributed by atoms with Crippen molar-refractivity contribution in [3.8, 4) is 5.75 Å². The molecule has 1 aromatic rings. The minimum absolute atomic E-state index is 0.243. The van der Waals surface area contributed by atoms with Gasteiger partial charge in [0.05, 0.1) is 0 Å². The Hall–Kier alpha value is -1.76. The van der Waals surface area contributed by atoms with Crippen LogP contribution in [0, 0.1) is 0 Å². The largest absolute Gasteiger partial charge is 0.573 e. The van der Waals surface area contributed by atoms with Crippen LogP contribution in [-0.4, -0.2) is 36.8 Å². The summed E-state index contributed by atoms with van der Waals surface area (Å²) < 4.78 is 39.9. The Balaban J connectivity index is 2.76. The molecular formula is C14H19F3N2O2. The van der Waals surface area contributed by atoms with Gasteiger partial charge in [0.25, 0.3) is 5.91 Å². The van der Waals surface area contributed by atoms with Gasteiger partial charge in [0.1, 0.15) is 5.75 Å². The van der Waals surface area contributed by atoms with Gasteiger partial charge in [-0.05, 0) is 30.7 Å². The zero-order valence-corrected chi connectivity index (χ0v) is 11.8. The molecule has 7 heteroatoms. The molecule has 0 atom stereocenters. The highest BCUT2D eigenvalue weighted by molar-refractivity contribution is 5.94. The third kappa shape index (κ3) is 6.03. The molecule has 0 fully saturated rings. The summed E-state index contributed by atoms with van der Waals surface area (Å²) in [7, 11) is 0. The topological polar surface area (TPSA) is 55.6 Å². The molecule has 0 aliphatic carbocycles. The van der Waals surface area contributed by atoms with Crippen LogP contribution in [0.4, 0.5) is 13.2 Å². The third-order valence-electron chi connectivity index (χ3n) is 2.80. The van der Waals surface area contributed by atoms with Crippen LogP contribution in [-0.2, 0) is 0 Å². The number of nitrogens with two attached hydrogens (primary N) is 1. The molecule has 0 heterocycles. The van der Waals surface area contributed by atoms with Gasteiger partial charge < -0.3 is 15.4 Å². The number of hydrogen-bond acceptors (Lipinski definition) is 3. The Labute approximate surface area is 121 Å². The van der Waals surface area contributed by atoms with Gasteiger partial charge in [-0.2, -0.15) is 0 Å². The minimum Gasteiger partial charge on any atom is -0.406 e. The van der Waals surface area contributed by atoms with Crippen molar-refractivity contribution < 1.29 is 22.7 Å². The maximum atomic E-state index is 12.2. The molecule has 0 saturated carbocycles. The number of carbonyl (C=O) groups excluding carboxylic acids is 1. The summed E-state index contributed by atoms with van der Waals surface area (Å²) in [6.07, 6.45) is -2.95. The molecule has 21 heavy (non-hydrogen) atoms. The van der Waals surface area contributed by atoms with Crippen LogP contribution in [0.3, 0.4) is 0 Å². The minimum atomic E-state index is -4.74. The second kappa shape index (κ2) is 7.87. The number of hydrogen-bond donors (Lipinski definition) is 1. The van der Waals surface area contributed by atoms with Crippen molar-refractivity contribution in [1.82, 2.24) is 4.90 Å². The van der Waals surface area contributed by atoms with Gasteiger partial charge in [-0.25, -0.2) is 0 Å². The maximum Gasteiger partial charge on any atom is 0.573 e. The number of ether oxygens (including phenoxy) is 1. The molecule has 0 bridgehead atoms. The van der Waals surface area contributed by atoms with Crippen molar-refractivity contribution in [1.29, 1.82) is 0 Å². The number of unbranched alkanes of at least 4 members (excludes halogenated alkanes) is 1. The molecule has 0 radical (unpaired) electrons. The molecule has 0 aromatic heterocycles. The molecular weight excluding hydrogens is 285 g/mol. The first kappa shape index (κ1) is 17.3. The smallest absolute Gasteiger partial charge is 0.406 e. The lowest BCUT2D eigenvalue weighted by Gasteiger charge is -2.22. The average Bonchev–Trinajstić information content (AvgIpc) is 2.42. The number of halogens is 3. The van der Waals surface area contributed by atoms with E-state index in [4.69, 9.17) is 5.73 Å². The van der Waals surface area contributed by atoms with E-state index < -0.39 is 6.36 Å². The molecule has 118 valence electrons. The highest BCUT2D eigenvalue weighted by atomic mass is 19.4. The van der Waals surface area contributed by atoms with Crippen LogP contribution in [0.2, 0.25) is 0 Å². The molecule has 4 nitrogen and oxygen atoms in total. The highest BCUT2D eigenvalue weighted by Gasteiger charge is 2.31. The van der Waals surface area contributed by atoms with Gasteiger partial charge in [-0.15, -0.1) is 13.2 Å². The number of carbonyl (C=O) groups is 1. The second-order valence-electron chi connectivity index (χ2n) is 4.51. The summed E-state index contributed by atoms with van der Waals surface area (Å²) in [6, 6.07) is 4.89. The van der Waals surface area contributed by atoms with Crippen molar-refractivity contribution in [2.24, 2.45) is 5.73 Å². The lowest BCUT2D eigenvalue weighted by molar-refractivity contribution is -0.274. The number of alkyl halides is 3. The van der Waals surface area contributed by atoms with Gasteiger partial charge in [0.15, 0.2) is 0 Å². The molecule has 1 amide bonds. The van der Waals surface area contributed by atoms with Crippen molar-refractivity contribution in [3.63, 3.8) is 0 Å². The first-order valence-electron chi connectivity index (χ1n) is 6.72. The Morgan fingerprint density at radius 1 is 1.24 bits per heavy atom. The van der Waals surface area contributed by atoms with E-state index >= 15 is 0 Å². The van der Waals surface area contributed by atoms with E-state index in [1.807, 2.05) is 6.92 Å². The number of nitrogens with zero attached hydrogens (tertiary/aromatic N) is 1.